The van der Waals surface area contributed by atoms with E-state index in [4.69, 9.17) is 10.6 Å². The molecule has 3 unspecified atom stereocenters. The maximum Gasteiger partial charge on any atom is 0.139 e. The summed E-state index contributed by atoms with van der Waals surface area (Å²) in [5, 5.41) is 4.10. The minimum absolute atomic E-state index is 0.0110. The third-order valence-electron chi connectivity index (χ3n) is 8.39. The molecule has 4 rings (SSSR count). The third-order valence-corrected chi connectivity index (χ3v) is 8.39. The summed E-state index contributed by atoms with van der Waals surface area (Å²) in [4.78, 5) is 17.7. The number of rotatable bonds is 4. The maximum absolute atomic E-state index is 12.5. The largest absolute Gasteiger partial charge is 0.395 e. The third kappa shape index (κ3) is 2.76. The van der Waals surface area contributed by atoms with Gasteiger partial charge in [0.1, 0.15) is 12.4 Å². The summed E-state index contributed by atoms with van der Waals surface area (Å²) in [5.74, 6) is 3.09. The molecule has 0 heterocycles. The van der Waals surface area contributed by atoms with E-state index in [1.165, 1.54) is 25.7 Å². The van der Waals surface area contributed by atoms with Crippen molar-refractivity contribution < 1.29 is 9.63 Å². The molecule has 0 radical (unpaired) electrons. The van der Waals surface area contributed by atoms with Crippen LogP contribution < -0.4 is 5.73 Å². The van der Waals surface area contributed by atoms with Gasteiger partial charge < -0.3 is 10.6 Å². The molecule has 26 heavy (non-hydrogen) atoms. The zero-order valence-electron chi connectivity index (χ0n) is 16.4. The molecule has 4 aliphatic carbocycles. The summed E-state index contributed by atoms with van der Waals surface area (Å²) in [6, 6.07) is 0. The molecular weight excluding hydrogens is 324 g/mol. The van der Waals surface area contributed by atoms with E-state index < -0.39 is 0 Å². The van der Waals surface area contributed by atoms with Crippen LogP contribution in [0, 0.1) is 34.5 Å². The van der Waals surface area contributed by atoms with Crippen LogP contribution in [0.25, 0.3) is 0 Å². The maximum atomic E-state index is 12.5. The highest BCUT2D eigenvalue weighted by atomic mass is 16.6. The van der Waals surface area contributed by atoms with E-state index in [-0.39, 0.29) is 5.41 Å². The second-order valence-corrected chi connectivity index (χ2v) is 9.52. The molecule has 0 aromatic heterocycles. The minimum Gasteiger partial charge on any atom is -0.395 e. The Labute approximate surface area is 157 Å². The van der Waals surface area contributed by atoms with E-state index >= 15 is 0 Å². The van der Waals surface area contributed by atoms with Gasteiger partial charge in [-0.3, -0.25) is 4.79 Å². The Bertz CT molecular complexity index is 628. The van der Waals surface area contributed by atoms with Crippen molar-refractivity contribution in [1.29, 1.82) is 0 Å². The van der Waals surface area contributed by atoms with E-state index in [0.29, 0.717) is 36.2 Å². The van der Waals surface area contributed by atoms with Gasteiger partial charge >= 0.3 is 0 Å². The molecule has 4 aliphatic rings. The molecule has 3 saturated carbocycles. The van der Waals surface area contributed by atoms with Gasteiger partial charge in [0.05, 0.1) is 6.21 Å². The molecule has 2 N–H and O–H groups in total. The van der Waals surface area contributed by atoms with Crippen molar-refractivity contribution in [3.05, 3.63) is 11.6 Å². The van der Waals surface area contributed by atoms with E-state index in [1.807, 2.05) is 6.21 Å². The zero-order valence-corrected chi connectivity index (χ0v) is 16.4. The van der Waals surface area contributed by atoms with Crippen molar-refractivity contribution in [2.24, 2.45) is 45.4 Å². The number of hydrogen-bond acceptors (Lipinski definition) is 4. The normalized spacial score (nSPS) is 45.0. The number of nitrogens with two attached hydrogens (primary N) is 1. The second kappa shape index (κ2) is 6.78. The van der Waals surface area contributed by atoms with Crippen LogP contribution in [0.1, 0.15) is 65.2 Å². The highest BCUT2D eigenvalue weighted by Gasteiger charge is 2.58. The number of carbonyl (C=O) groups is 1. The average molecular weight is 359 g/mol. The number of Topliss-reactive ketones (excluding diaryl/α,β-unsaturated/α-hetero) is 1. The van der Waals surface area contributed by atoms with Crippen LogP contribution in [0.3, 0.4) is 0 Å². The molecule has 0 aromatic rings. The van der Waals surface area contributed by atoms with Gasteiger partial charge in [-0.05, 0) is 68.1 Å². The van der Waals surface area contributed by atoms with E-state index in [9.17, 15) is 4.79 Å². The van der Waals surface area contributed by atoms with Gasteiger partial charge in [0.15, 0.2) is 0 Å². The smallest absolute Gasteiger partial charge is 0.139 e. The summed E-state index contributed by atoms with van der Waals surface area (Å²) in [7, 11) is 0. The molecule has 0 spiro atoms. The van der Waals surface area contributed by atoms with Gasteiger partial charge in [0.2, 0.25) is 0 Å². The Morgan fingerprint density at radius 2 is 1.92 bits per heavy atom. The van der Waals surface area contributed by atoms with Crippen LogP contribution in [0.15, 0.2) is 16.8 Å². The molecule has 0 saturated heterocycles. The molecule has 0 amide bonds. The molecular formula is C22H34N2O2. The monoisotopic (exact) mass is 358 g/mol. The van der Waals surface area contributed by atoms with Crippen molar-refractivity contribution in [1.82, 2.24) is 0 Å². The van der Waals surface area contributed by atoms with Crippen molar-refractivity contribution in [2.75, 3.05) is 13.2 Å². The van der Waals surface area contributed by atoms with Crippen molar-refractivity contribution in [3.8, 4) is 0 Å². The highest BCUT2D eigenvalue weighted by Crippen LogP contribution is 2.64. The van der Waals surface area contributed by atoms with E-state index in [1.54, 1.807) is 5.57 Å². The Morgan fingerprint density at radius 1 is 1.15 bits per heavy atom. The van der Waals surface area contributed by atoms with E-state index in [0.717, 1.165) is 37.5 Å². The predicted molar refractivity (Wildman–Crippen MR) is 104 cm³/mol. The number of nitrogens with zero attached hydrogens (tertiary/aromatic N) is 1. The average Bonchev–Trinajstić information content (AvgIpc) is 2.94. The quantitative estimate of drug-likeness (QED) is 0.356. The van der Waals surface area contributed by atoms with Crippen LogP contribution in [0.5, 0.6) is 0 Å². The lowest BCUT2D eigenvalue weighted by molar-refractivity contribution is -0.132. The Balaban J connectivity index is 1.52. The van der Waals surface area contributed by atoms with Gasteiger partial charge in [0.25, 0.3) is 0 Å². The fourth-order valence-corrected chi connectivity index (χ4v) is 6.87. The molecule has 4 heteroatoms. The lowest BCUT2D eigenvalue weighted by atomic mass is 9.47. The SMILES string of the molecule is C[C@]12CC[C@H](C=NOCCN)C=C1CCC1C2CC[C@]2(C)C(=O)CCC12. The first kappa shape index (κ1) is 18.2. The van der Waals surface area contributed by atoms with Crippen LogP contribution >= 0.6 is 0 Å². The number of carbonyl (C=O) groups excluding carboxylic acids is 1. The summed E-state index contributed by atoms with van der Waals surface area (Å²) in [6.07, 6.45) is 13.6. The summed E-state index contributed by atoms with van der Waals surface area (Å²) >= 11 is 0. The predicted octanol–water partition coefficient (Wildman–Crippen LogP) is 4.10. The lowest BCUT2D eigenvalue weighted by Crippen LogP contribution is -2.50. The Kier molecular flexibility index (Phi) is 4.75. The van der Waals surface area contributed by atoms with Crippen LogP contribution in [-0.2, 0) is 9.63 Å². The fourth-order valence-electron chi connectivity index (χ4n) is 6.87. The molecule has 144 valence electrons. The molecule has 0 aliphatic heterocycles. The first-order chi connectivity index (χ1) is 12.5. The number of hydrogen-bond donors (Lipinski definition) is 1. The van der Waals surface area contributed by atoms with Gasteiger partial charge in [-0.25, -0.2) is 0 Å². The first-order valence-corrected chi connectivity index (χ1v) is 10.6. The zero-order chi connectivity index (χ0) is 18.4. The second-order valence-electron chi connectivity index (χ2n) is 9.52. The molecule has 3 fully saturated rings. The Morgan fingerprint density at radius 3 is 2.73 bits per heavy atom. The topological polar surface area (TPSA) is 64.7 Å². The van der Waals surface area contributed by atoms with Gasteiger partial charge in [-0.2, -0.15) is 0 Å². The molecule has 6 atom stereocenters. The minimum atomic E-state index is -0.0110. The van der Waals surface area contributed by atoms with E-state index in [2.05, 4.69) is 25.1 Å². The van der Waals surface area contributed by atoms with Crippen molar-refractivity contribution >= 4 is 12.0 Å². The molecule has 0 bridgehead atoms. The lowest BCUT2D eigenvalue weighted by Gasteiger charge is -2.57. The van der Waals surface area contributed by atoms with Gasteiger partial charge in [-0.1, -0.05) is 30.7 Å². The molecule has 0 aromatic carbocycles. The highest BCUT2D eigenvalue weighted by molar-refractivity contribution is 5.87. The van der Waals surface area contributed by atoms with Crippen LogP contribution in [0.4, 0.5) is 0 Å². The van der Waals surface area contributed by atoms with Crippen LogP contribution in [0.2, 0.25) is 0 Å². The number of ketones is 1. The number of allylic oxidation sites excluding steroid dienone is 2. The number of fused-ring (bicyclic) bond motifs is 5. The summed E-state index contributed by atoms with van der Waals surface area (Å²) in [6.45, 7) is 5.77. The first-order valence-electron chi connectivity index (χ1n) is 10.6. The molecule has 4 nitrogen and oxygen atoms in total. The fraction of sp³-hybridized carbons (Fsp3) is 0.818. The van der Waals surface area contributed by atoms with Crippen molar-refractivity contribution in [3.63, 3.8) is 0 Å². The van der Waals surface area contributed by atoms with Crippen molar-refractivity contribution in [2.45, 2.75) is 65.2 Å². The summed E-state index contributed by atoms with van der Waals surface area (Å²) in [5.41, 5.74) is 7.40. The van der Waals surface area contributed by atoms with Crippen LogP contribution in [-0.4, -0.2) is 25.1 Å². The van der Waals surface area contributed by atoms with Gasteiger partial charge in [0, 0.05) is 24.3 Å². The summed E-state index contributed by atoms with van der Waals surface area (Å²) < 4.78 is 0. The van der Waals surface area contributed by atoms with Gasteiger partial charge in [-0.15, -0.1) is 0 Å². The standard InChI is InChI=1S/C22H34N2O2/c1-21-9-7-15(14-24-26-12-11-23)13-16(21)3-4-17-18-5-6-20(25)22(18,2)10-8-19(17)21/h13-15,17-19H,3-12,23H2,1-2H3/t15-,17?,18?,19?,21-,22-/m0/s1. The Hall–Kier alpha value is -1.16. The number of oxime groups is 1.